The second kappa shape index (κ2) is 7.18. The smallest absolute Gasteiger partial charge is 0.270 e. The van der Waals surface area contributed by atoms with Gasteiger partial charge in [-0.1, -0.05) is 0 Å². The van der Waals surface area contributed by atoms with Gasteiger partial charge in [0.25, 0.3) is 5.69 Å². The highest BCUT2D eigenvalue weighted by atomic mass is 16.6. The van der Waals surface area contributed by atoms with Crippen LogP contribution >= 0.6 is 0 Å². The molecule has 0 unspecified atom stereocenters. The fraction of sp³-hybridized carbons (Fsp3) is 0.538. The lowest BCUT2D eigenvalue weighted by Crippen LogP contribution is -2.38. The SMILES string of the molecule is NCc1cc([N+](=O)[O-])ccc1OCCN1CCOCC1. The van der Waals surface area contributed by atoms with Crippen molar-refractivity contribution in [3.63, 3.8) is 0 Å². The van der Waals surface area contributed by atoms with Gasteiger partial charge in [0.1, 0.15) is 12.4 Å². The number of nitrogens with zero attached hydrogens (tertiary/aromatic N) is 2. The van der Waals surface area contributed by atoms with Crippen LogP contribution in [0.1, 0.15) is 5.56 Å². The molecular weight excluding hydrogens is 262 g/mol. The Kier molecular flexibility index (Phi) is 5.28. The van der Waals surface area contributed by atoms with Crippen LogP contribution in [0.25, 0.3) is 0 Å². The van der Waals surface area contributed by atoms with Crippen molar-refractivity contribution in [1.82, 2.24) is 4.90 Å². The van der Waals surface area contributed by atoms with Crippen molar-refractivity contribution in [3.8, 4) is 5.75 Å². The van der Waals surface area contributed by atoms with Gasteiger partial charge in [-0.2, -0.15) is 0 Å². The van der Waals surface area contributed by atoms with Gasteiger partial charge >= 0.3 is 0 Å². The van der Waals surface area contributed by atoms with Crippen LogP contribution in [0, 0.1) is 10.1 Å². The summed E-state index contributed by atoms with van der Waals surface area (Å²) >= 11 is 0. The minimum absolute atomic E-state index is 0.0333. The van der Waals surface area contributed by atoms with E-state index < -0.39 is 4.92 Å². The summed E-state index contributed by atoms with van der Waals surface area (Å²) in [7, 11) is 0. The highest BCUT2D eigenvalue weighted by Crippen LogP contribution is 2.23. The molecule has 2 rings (SSSR count). The number of morpholine rings is 1. The molecule has 20 heavy (non-hydrogen) atoms. The maximum Gasteiger partial charge on any atom is 0.270 e. The molecule has 0 aromatic heterocycles. The van der Waals surface area contributed by atoms with Crippen molar-refractivity contribution in [2.45, 2.75) is 6.54 Å². The van der Waals surface area contributed by atoms with E-state index in [1.165, 1.54) is 12.1 Å². The molecule has 0 aliphatic carbocycles. The summed E-state index contributed by atoms with van der Waals surface area (Å²) in [4.78, 5) is 12.5. The Balaban J connectivity index is 1.89. The molecule has 0 bridgehead atoms. The van der Waals surface area contributed by atoms with Crippen molar-refractivity contribution in [3.05, 3.63) is 33.9 Å². The Bertz CT molecular complexity index is 461. The summed E-state index contributed by atoms with van der Waals surface area (Å²) in [5, 5.41) is 10.7. The van der Waals surface area contributed by atoms with Gasteiger partial charge in [-0.25, -0.2) is 0 Å². The number of nitrogens with two attached hydrogens (primary N) is 1. The molecule has 0 amide bonds. The van der Waals surface area contributed by atoms with Gasteiger partial charge in [0.15, 0.2) is 0 Å². The lowest BCUT2D eigenvalue weighted by Gasteiger charge is -2.26. The van der Waals surface area contributed by atoms with Gasteiger partial charge in [-0.05, 0) is 6.07 Å². The Labute approximate surface area is 117 Å². The zero-order chi connectivity index (χ0) is 14.4. The number of rotatable bonds is 6. The summed E-state index contributed by atoms with van der Waals surface area (Å²) in [5.74, 6) is 0.617. The van der Waals surface area contributed by atoms with Crippen molar-refractivity contribution in [2.24, 2.45) is 5.73 Å². The van der Waals surface area contributed by atoms with Gasteiger partial charge in [0.05, 0.1) is 18.1 Å². The van der Waals surface area contributed by atoms with E-state index in [0.717, 1.165) is 32.8 Å². The second-order valence-electron chi connectivity index (χ2n) is 4.56. The van der Waals surface area contributed by atoms with E-state index >= 15 is 0 Å². The number of nitro benzene ring substituents is 1. The van der Waals surface area contributed by atoms with E-state index in [-0.39, 0.29) is 12.2 Å². The zero-order valence-corrected chi connectivity index (χ0v) is 11.3. The summed E-state index contributed by atoms with van der Waals surface area (Å²) in [6, 6.07) is 4.51. The topological polar surface area (TPSA) is 90.9 Å². The molecule has 7 nitrogen and oxygen atoms in total. The average molecular weight is 281 g/mol. The third-order valence-electron chi connectivity index (χ3n) is 3.24. The van der Waals surface area contributed by atoms with Crippen LogP contribution in [0.5, 0.6) is 5.75 Å². The molecule has 0 radical (unpaired) electrons. The predicted molar refractivity (Wildman–Crippen MR) is 73.7 cm³/mol. The number of hydrogen-bond donors (Lipinski definition) is 1. The van der Waals surface area contributed by atoms with Crippen LogP contribution in [0.15, 0.2) is 18.2 Å². The third kappa shape index (κ3) is 3.89. The summed E-state index contributed by atoms with van der Waals surface area (Å²) in [6.45, 7) is 4.89. The third-order valence-corrected chi connectivity index (χ3v) is 3.24. The van der Waals surface area contributed by atoms with E-state index in [1.54, 1.807) is 6.07 Å². The fourth-order valence-corrected chi connectivity index (χ4v) is 2.09. The Hall–Kier alpha value is -1.70. The Morgan fingerprint density at radius 3 is 2.80 bits per heavy atom. The Morgan fingerprint density at radius 2 is 2.15 bits per heavy atom. The first-order chi connectivity index (χ1) is 9.70. The first kappa shape index (κ1) is 14.7. The maximum absolute atomic E-state index is 10.7. The largest absolute Gasteiger partial charge is 0.492 e. The van der Waals surface area contributed by atoms with Crippen LogP contribution in [0.3, 0.4) is 0 Å². The van der Waals surface area contributed by atoms with Crippen LogP contribution in [0.2, 0.25) is 0 Å². The van der Waals surface area contributed by atoms with E-state index in [0.29, 0.717) is 17.9 Å². The van der Waals surface area contributed by atoms with Crippen molar-refractivity contribution in [2.75, 3.05) is 39.5 Å². The minimum Gasteiger partial charge on any atom is -0.492 e. The number of ether oxygens (including phenoxy) is 2. The predicted octanol–water partition coefficient (Wildman–Crippen LogP) is 0.764. The van der Waals surface area contributed by atoms with E-state index in [4.69, 9.17) is 15.2 Å². The van der Waals surface area contributed by atoms with E-state index in [1.807, 2.05) is 0 Å². The average Bonchev–Trinajstić information content (AvgIpc) is 2.48. The molecule has 1 aliphatic heterocycles. The van der Waals surface area contributed by atoms with Crippen molar-refractivity contribution >= 4 is 5.69 Å². The van der Waals surface area contributed by atoms with Gasteiger partial charge < -0.3 is 15.2 Å². The Morgan fingerprint density at radius 1 is 1.40 bits per heavy atom. The summed E-state index contributed by atoms with van der Waals surface area (Å²) < 4.78 is 11.0. The van der Waals surface area contributed by atoms with E-state index in [9.17, 15) is 10.1 Å². The van der Waals surface area contributed by atoms with Gasteiger partial charge in [0, 0.05) is 43.9 Å². The number of benzene rings is 1. The second-order valence-corrected chi connectivity index (χ2v) is 4.56. The molecule has 1 aliphatic rings. The highest BCUT2D eigenvalue weighted by molar-refractivity contribution is 5.43. The number of non-ortho nitro benzene ring substituents is 1. The van der Waals surface area contributed by atoms with Gasteiger partial charge in [-0.15, -0.1) is 0 Å². The molecule has 7 heteroatoms. The highest BCUT2D eigenvalue weighted by Gasteiger charge is 2.12. The normalized spacial score (nSPS) is 16.1. The van der Waals surface area contributed by atoms with E-state index in [2.05, 4.69) is 4.90 Å². The molecule has 2 N–H and O–H groups in total. The first-order valence-electron chi connectivity index (χ1n) is 6.61. The molecule has 1 aromatic carbocycles. The molecule has 0 saturated carbocycles. The number of nitro groups is 1. The monoisotopic (exact) mass is 281 g/mol. The van der Waals surface area contributed by atoms with Crippen molar-refractivity contribution in [1.29, 1.82) is 0 Å². The molecule has 0 atom stereocenters. The summed E-state index contributed by atoms with van der Waals surface area (Å²) in [5.41, 5.74) is 6.29. The lowest BCUT2D eigenvalue weighted by molar-refractivity contribution is -0.384. The fourth-order valence-electron chi connectivity index (χ4n) is 2.09. The van der Waals surface area contributed by atoms with Crippen molar-refractivity contribution < 1.29 is 14.4 Å². The van der Waals surface area contributed by atoms with Crippen LogP contribution in [0.4, 0.5) is 5.69 Å². The first-order valence-corrected chi connectivity index (χ1v) is 6.61. The molecule has 1 saturated heterocycles. The zero-order valence-electron chi connectivity index (χ0n) is 11.3. The van der Waals surface area contributed by atoms with Crippen LogP contribution in [-0.4, -0.2) is 49.3 Å². The molecule has 1 heterocycles. The van der Waals surface area contributed by atoms with Crippen LogP contribution < -0.4 is 10.5 Å². The quantitative estimate of drug-likeness (QED) is 0.611. The maximum atomic E-state index is 10.7. The molecule has 1 aromatic rings. The standard InChI is InChI=1S/C13H19N3O4/c14-10-11-9-12(16(17)18)1-2-13(11)20-8-5-15-3-6-19-7-4-15/h1-2,9H,3-8,10,14H2. The number of hydrogen-bond acceptors (Lipinski definition) is 6. The minimum atomic E-state index is -0.434. The van der Waals surface area contributed by atoms with Gasteiger partial charge in [0.2, 0.25) is 0 Å². The molecular formula is C13H19N3O4. The summed E-state index contributed by atoms with van der Waals surface area (Å²) in [6.07, 6.45) is 0. The van der Waals surface area contributed by atoms with Gasteiger partial charge in [-0.3, -0.25) is 15.0 Å². The lowest BCUT2D eigenvalue weighted by atomic mass is 10.2. The molecule has 0 spiro atoms. The molecule has 1 fully saturated rings. The molecule has 110 valence electrons. The van der Waals surface area contributed by atoms with Crippen LogP contribution in [-0.2, 0) is 11.3 Å².